The zero-order chi connectivity index (χ0) is 12.5. The second-order valence-electron chi connectivity index (χ2n) is 5.57. The highest BCUT2D eigenvalue weighted by atomic mass is 79.9. The normalized spacial score (nSPS) is 24.5. The van der Waals surface area contributed by atoms with Crippen LogP contribution in [0.4, 0.5) is 0 Å². The molecule has 1 aliphatic rings. The minimum absolute atomic E-state index is 0.799. The van der Waals surface area contributed by atoms with Crippen molar-refractivity contribution in [2.24, 2.45) is 5.92 Å². The number of hydrogen-bond donors (Lipinski definition) is 0. The molecule has 0 N–H and O–H groups in total. The summed E-state index contributed by atoms with van der Waals surface area (Å²) in [4.78, 5) is 2.77. The molecular formula is C15H30BrN. The van der Waals surface area contributed by atoms with Crippen molar-refractivity contribution in [3.05, 3.63) is 0 Å². The summed E-state index contributed by atoms with van der Waals surface area (Å²) < 4.78 is 0. The van der Waals surface area contributed by atoms with Gasteiger partial charge < -0.3 is 0 Å². The number of alkyl halides is 1. The number of nitrogens with zero attached hydrogens (tertiary/aromatic N) is 1. The van der Waals surface area contributed by atoms with Gasteiger partial charge in [0.15, 0.2) is 0 Å². The lowest BCUT2D eigenvalue weighted by molar-refractivity contribution is 0.176. The fraction of sp³-hybridized carbons (Fsp3) is 1.00. The lowest BCUT2D eigenvalue weighted by Crippen LogP contribution is -2.39. The van der Waals surface area contributed by atoms with Crippen LogP contribution >= 0.6 is 15.9 Å². The van der Waals surface area contributed by atoms with Crippen LogP contribution in [0.25, 0.3) is 0 Å². The maximum Gasteiger partial charge on any atom is 0.0192 e. The highest BCUT2D eigenvalue weighted by Crippen LogP contribution is 2.22. The number of hydrogen-bond acceptors (Lipinski definition) is 1. The van der Waals surface area contributed by atoms with E-state index in [-0.39, 0.29) is 0 Å². The molecule has 0 aromatic rings. The molecule has 17 heavy (non-hydrogen) atoms. The summed E-state index contributed by atoms with van der Waals surface area (Å²) in [5.74, 6) is 0.926. The van der Waals surface area contributed by atoms with Crippen LogP contribution in [-0.4, -0.2) is 29.4 Å². The topological polar surface area (TPSA) is 3.24 Å². The molecule has 1 rings (SSSR count). The third-order valence-corrected chi connectivity index (χ3v) is 4.96. The third-order valence-electron chi connectivity index (χ3n) is 4.21. The lowest BCUT2D eigenvalue weighted by atomic mass is 9.98. The Morgan fingerprint density at radius 1 is 1.24 bits per heavy atom. The number of rotatable bonds is 7. The number of halogens is 1. The van der Waals surface area contributed by atoms with Crippen molar-refractivity contribution < 1.29 is 0 Å². The first-order valence-electron chi connectivity index (χ1n) is 7.61. The largest absolute Gasteiger partial charge is 0.299 e. The Morgan fingerprint density at radius 2 is 2.06 bits per heavy atom. The van der Waals surface area contributed by atoms with Crippen molar-refractivity contribution in [1.29, 1.82) is 0 Å². The molecule has 1 aliphatic heterocycles. The van der Waals surface area contributed by atoms with Crippen LogP contribution in [0.1, 0.15) is 65.2 Å². The van der Waals surface area contributed by atoms with E-state index < -0.39 is 0 Å². The molecule has 1 saturated heterocycles. The zero-order valence-corrected chi connectivity index (χ0v) is 13.3. The van der Waals surface area contributed by atoms with E-state index in [0.29, 0.717) is 0 Å². The predicted octanol–water partition coefficient (Wildman–Crippen LogP) is 4.84. The first-order chi connectivity index (χ1) is 8.31. The van der Waals surface area contributed by atoms with Gasteiger partial charge in [-0.2, -0.15) is 0 Å². The summed E-state index contributed by atoms with van der Waals surface area (Å²) in [5, 5.41) is 1.16. The van der Waals surface area contributed by atoms with Gasteiger partial charge in [-0.1, -0.05) is 61.9 Å². The van der Waals surface area contributed by atoms with Gasteiger partial charge in [-0.3, -0.25) is 4.90 Å². The van der Waals surface area contributed by atoms with Gasteiger partial charge in [0.2, 0.25) is 0 Å². The monoisotopic (exact) mass is 303 g/mol. The van der Waals surface area contributed by atoms with Gasteiger partial charge in [-0.05, 0) is 31.7 Å². The van der Waals surface area contributed by atoms with Gasteiger partial charge in [0.1, 0.15) is 0 Å². The summed E-state index contributed by atoms with van der Waals surface area (Å²) in [5.41, 5.74) is 0. The van der Waals surface area contributed by atoms with Crippen LogP contribution in [0.5, 0.6) is 0 Å². The molecule has 0 spiro atoms. The summed E-state index contributed by atoms with van der Waals surface area (Å²) in [6, 6.07) is 0.799. The molecule has 0 bridgehead atoms. The molecule has 0 aromatic carbocycles. The van der Waals surface area contributed by atoms with E-state index in [9.17, 15) is 0 Å². The minimum atomic E-state index is 0.799. The Balaban J connectivity index is 2.43. The van der Waals surface area contributed by atoms with E-state index in [2.05, 4.69) is 34.7 Å². The van der Waals surface area contributed by atoms with Crippen LogP contribution in [0, 0.1) is 5.92 Å². The Labute approximate surface area is 116 Å². The van der Waals surface area contributed by atoms with Crippen molar-refractivity contribution in [3.8, 4) is 0 Å². The third kappa shape index (κ3) is 5.74. The van der Waals surface area contributed by atoms with Crippen molar-refractivity contribution in [2.45, 2.75) is 71.3 Å². The van der Waals surface area contributed by atoms with Crippen molar-refractivity contribution >= 4 is 15.9 Å². The summed E-state index contributed by atoms with van der Waals surface area (Å²) in [7, 11) is 0. The van der Waals surface area contributed by atoms with E-state index >= 15 is 0 Å². The highest BCUT2D eigenvalue weighted by Gasteiger charge is 2.22. The summed E-state index contributed by atoms with van der Waals surface area (Å²) >= 11 is 3.71. The Hall–Kier alpha value is 0.440. The van der Waals surface area contributed by atoms with Crippen LogP contribution in [0.2, 0.25) is 0 Å². The SMILES string of the molecule is CCCCC(CC)CN1CCCCCC1CBr. The lowest BCUT2D eigenvalue weighted by Gasteiger charge is -2.32. The quantitative estimate of drug-likeness (QED) is 0.608. The maximum absolute atomic E-state index is 3.71. The molecule has 2 unspecified atom stereocenters. The molecule has 0 amide bonds. The van der Waals surface area contributed by atoms with Gasteiger partial charge in [-0.15, -0.1) is 0 Å². The van der Waals surface area contributed by atoms with Crippen LogP contribution in [0.3, 0.4) is 0 Å². The fourth-order valence-corrected chi connectivity index (χ4v) is 3.63. The molecule has 0 radical (unpaired) electrons. The average molecular weight is 304 g/mol. The van der Waals surface area contributed by atoms with Crippen LogP contribution < -0.4 is 0 Å². The molecular weight excluding hydrogens is 274 g/mol. The standard InChI is InChI=1S/C15H30BrN/c1-3-5-9-14(4-2)13-17-11-8-6-7-10-15(17)12-16/h14-15H,3-13H2,1-2H3. The van der Waals surface area contributed by atoms with Crippen LogP contribution in [0.15, 0.2) is 0 Å². The molecule has 2 atom stereocenters. The minimum Gasteiger partial charge on any atom is -0.299 e. The van der Waals surface area contributed by atoms with Crippen molar-refractivity contribution in [2.75, 3.05) is 18.4 Å². The van der Waals surface area contributed by atoms with Gasteiger partial charge >= 0.3 is 0 Å². The van der Waals surface area contributed by atoms with E-state index in [1.54, 1.807) is 0 Å². The maximum atomic E-state index is 3.71. The molecule has 0 aromatic heterocycles. The highest BCUT2D eigenvalue weighted by molar-refractivity contribution is 9.09. The van der Waals surface area contributed by atoms with Gasteiger partial charge in [0, 0.05) is 17.9 Å². The number of likely N-dealkylation sites (tertiary alicyclic amines) is 1. The van der Waals surface area contributed by atoms with Gasteiger partial charge in [0.05, 0.1) is 0 Å². The molecule has 1 fully saturated rings. The molecule has 0 saturated carbocycles. The van der Waals surface area contributed by atoms with Crippen LogP contribution in [-0.2, 0) is 0 Å². The Morgan fingerprint density at radius 3 is 2.71 bits per heavy atom. The van der Waals surface area contributed by atoms with Gasteiger partial charge in [0.25, 0.3) is 0 Å². The average Bonchev–Trinajstić information content (AvgIpc) is 2.59. The van der Waals surface area contributed by atoms with E-state index in [0.717, 1.165) is 17.3 Å². The van der Waals surface area contributed by atoms with Crippen molar-refractivity contribution in [3.63, 3.8) is 0 Å². The van der Waals surface area contributed by atoms with E-state index in [1.165, 1.54) is 64.5 Å². The van der Waals surface area contributed by atoms with Crippen molar-refractivity contribution in [1.82, 2.24) is 4.90 Å². The zero-order valence-electron chi connectivity index (χ0n) is 11.8. The fourth-order valence-electron chi connectivity index (χ4n) is 2.90. The first-order valence-corrected chi connectivity index (χ1v) is 8.73. The smallest absolute Gasteiger partial charge is 0.0192 e. The second-order valence-corrected chi connectivity index (χ2v) is 6.22. The first kappa shape index (κ1) is 15.5. The van der Waals surface area contributed by atoms with E-state index in [4.69, 9.17) is 0 Å². The Kier molecular flexibility index (Phi) is 8.55. The van der Waals surface area contributed by atoms with Gasteiger partial charge in [-0.25, -0.2) is 0 Å². The summed E-state index contributed by atoms with van der Waals surface area (Å²) in [6.07, 6.45) is 11.2. The molecule has 2 heteroatoms. The Bertz CT molecular complexity index is 184. The summed E-state index contributed by atoms with van der Waals surface area (Å²) in [6.45, 7) is 7.34. The molecule has 0 aliphatic carbocycles. The molecule has 102 valence electrons. The molecule has 1 heterocycles. The molecule has 1 nitrogen and oxygen atoms in total. The van der Waals surface area contributed by atoms with E-state index in [1.807, 2.05) is 0 Å². The predicted molar refractivity (Wildman–Crippen MR) is 80.9 cm³/mol. The second kappa shape index (κ2) is 9.38. The number of unbranched alkanes of at least 4 members (excludes halogenated alkanes) is 1.